The Morgan fingerprint density at radius 2 is 1.36 bits per heavy atom. The lowest BCUT2D eigenvalue weighted by molar-refractivity contribution is 0.163. The van der Waals surface area contributed by atoms with Crippen LogP contribution in [0.5, 0.6) is 0 Å². The Morgan fingerprint density at radius 3 is 1.36 bits per heavy atom. The average Bonchev–Trinajstić information content (AvgIpc) is 2.77. The van der Waals surface area contributed by atoms with Gasteiger partial charge in [-0.05, 0) is 12.8 Å². The summed E-state index contributed by atoms with van der Waals surface area (Å²) in [6.45, 7) is 0. The van der Waals surface area contributed by atoms with Gasteiger partial charge in [-0.25, -0.2) is 0 Å². The van der Waals surface area contributed by atoms with Crippen LogP contribution in [0.3, 0.4) is 0 Å². The Kier molecular flexibility index (Phi) is 7.40. The van der Waals surface area contributed by atoms with Gasteiger partial charge in [0.05, 0.1) is 0 Å². The molecular formula is C6H16O3SSi. The molecule has 68 valence electrons. The molecule has 1 aliphatic rings. The zero-order valence-electron chi connectivity index (χ0n) is 7.24. The molecule has 11 heavy (non-hydrogen) atoms. The highest BCUT2D eigenvalue weighted by molar-refractivity contribution is 7.81. The van der Waals surface area contributed by atoms with Gasteiger partial charge in [-0.15, -0.1) is 0 Å². The monoisotopic (exact) mass is 196 g/mol. The third kappa shape index (κ3) is 8.35. The van der Waals surface area contributed by atoms with Crippen LogP contribution in [0, 0.1) is 0 Å². The molecule has 0 heterocycles. The molecule has 5 heteroatoms. The van der Waals surface area contributed by atoms with Gasteiger partial charge in [-0.3, -0.25) is 0 Å². The van der Waals surface area contributed by atoms with Gasteiger partial charge in [0.15, 0.2) is 0 Å². The average molecular weight is 196 g/mol. The van der Waals surface area contributed by atoms with Crippen LogP contribution in [0.25, 0.3) is 0 Å². The van der Waals surface area contributed by atoms with E-state index in [9.17, 15) is 0 Å². The summed E-state index contributed by atoms with van der Waals surface area (Å²) in [6.07, 6.45) is 2.70. The minimum Gasteiger partial charge on any atom is -0.379 e. The van der Waals surface area contributed by atoms with Crippen LogP contribution in [0.1, 0.15) is 12.8 Å². The van der Waals surface area contributed by atoms with E-state index in [0.29, 0.717) is 0 Å². The molecule has 0 aromatic carbocycles. The van der Waals surface area contributed by atoms with Crippen LogP contribution in [-0.4, -0.2) is 36.1 Å². The van der Waals surface area contributed by atoms with Crippen LogP contribution in [-0.2, 0) is 13.3 Å². The van der Waals surface area contributed by atoms with Gasteiger partial charge >= 0.3 is 9.53 Å². The predicted octanol–water partition coefficient (Wildman–Crippen LogP) is 0.721. The van der Waals surface area contributed by atoms with E-state index in [1.165, 1.54) is 12.8 Å². The summed E-state index contributed by atoms with van der Waals surface area (Å²) < 4.78 is 14.2. The van der Waals surface area contributed by atoms with Crippen molar-refractivity contribution in [3.8, 4) is 0 Å². The maximum atomic E-state index is 4.74. The fraction of sp³-hybridized carbons (Fsp3) is 1.00. The molecule has 1 aliphatic carbocycles. The molecule has 0 atom stereocenters. The first-order valence-electron chi connectivity index (χ1n) is 3.51. The van der Waals surface area contributed by atoms with Crippen molar-refractivity contribution >= 4 is 22.2 Å². The summed E-state index contributed by atoms with van der Waals surface area (Å²) >= 11 is 4.08. The van der Waals surface area contributed by atoms with E-state index in [0.717, 1.165) is 5.25 Å². The first-order chi connectivity index (χ1) is 5.24. The summed E-state index contributed by atoms with van der Waals surface area (Å²) in [7, 11) is 3.05. The summed E-state index contributed by atoms with van der Waals surface area (Å²) in [5, 5.41) is 0.778. The Bertz CT molecular complexity index is 80.4. The summed E-state index contributed by atoms with van der Waals surface area (Å²) in [4.78, 5) is 0. The molecule has 0 aromatic heterocycles. The molecule has 0 saturated heterocycles. The van der Waals surface area contributed by atoms with E-state index in [4.69, 9.17) is 13.3 Å². The van der Waals surface area contributed by atoms with Crippen LogP contribution < -0.4 is 0 Å². The van der Waals surface area contributed by atoms with Crippen molar-refractivity contribution < 1.29 is 13.3 Å². The molecule has 1 fully saturated rings. The van der Waals surface area contributed by atoms with Crippen molar-refractivity contribution in [2.24, 2.45) is 0 Å². The first-order valence-corrected chi connectivity index (χ1v) is 5.44. The van der Waals surface area contributed by atoms with E-state index in [1.54, 1.807) is 21.3 Å². The first kappa shape index (κ1) is 11.4. The third-order valence-electron chi connectivity index (χ3n) is 1.12. The van der Waals surface area contributed by atoms with Gasteiger partial charge in [0, 0.05) is 26.6 Å². The lowest BCUT2D eigenvalue weighted by atomic mass is 11.0. The zero-order chi connectivity index (χ0) is 8.69. The minimum absolute atomic E-state index is 0.778. The van der Waals surface area contributed by atoms with Gasteiger partial charge in [-0.2, -0.15) is 12.6 Å². The number of hydrogen-bond donors (Lipinski definition) is 1. The number of hydrogen-bond acceptors (Lipinski definition) is 4. The smallest absolute Gasteiger partial charge is 0.379 e. The fourth-order valence-electron chi connectivity index (χ4n) is 0.363. The SMILES string of the molecule is CO[SiH](OC)OC.SC1CC1. The Labute approximate surface area is 75.4 Å². The molecule has 3 nitrogen and oxygen atoms in total. The number of thiol groups is 1. The van der Waals surface area contributed by atoms with E-state index in [2.05, 4.69) is 12.6 Å². The van der Waals surface area contributed by atoms with Gasteiger partial charge in [0.2, 0.25) is 0 Å². The second kappa shape index (κ2) is 7.12. The van der Waals surface area contributed by atoms with Crippen molar-refractivity contribution in [1.82, 2.24) is 0 Å². The topological polar surface area (TPSA) is 27.7 Å². The fourth-order valence-corrected chi connectivity index (χ4v) is 1.09. The second-order valence-electron chi connectivity index (χ2n) is 2.23. The van der Waals surface area contributed by atoms with Crippen molar-refractivity contribution in [1.29, 1.82) is 0 Å². The molecule has 0 radical (unpaired) electrons. The maximum absolute atomic E-state index is 4.74. The van der Waals surface area contributed by atoms with Gasteiger partial charge in [0.25, 0.3) is 0 Å². The Hall–Kier alpha value is 0.447. The van der Waals surface area contributed by atoms with E-state index in [-0.39, 0.29) is 0 Å². The van der Waals surface area contributed by atoms with Crippen LogP contribution in [0.2, 0.25) is 0 Å². The second-order valence-corrected chi connectivity index (χ2v) is 4.95. The van der Waals surface area contributed by atoms with Gasteiger partial charge < -0.3 is 13.3 Å². The molecular weight excluding hydrogens is 180 g/mol. The van der Waals surface area contributed by atoms with E-state index >= 15 is 0 Å². The summed E-state index contributed by atoms with van der Waals surface area (Å²) in [5.74, 6) is 0. The lowest BCUT2D eigenvalue weighted by Gasteiger charge is -2.05. The molecule has 0 aliphatic heterocycles. The third-order valence-corrected chi connectivity index (χ3v) is 2.80. The zero-order valence-corrected chi connectivity index (χ0v) is 9.29. The standard InChI is InChI=1S/C3H10O3Si.C3H6S/c1-4-7(5-2)6-3;4-3-1-2-3/h7H,1-3H3;3-4H,1-2H2. The normalized spacial score (nSPS) is 16.1. The van der Waals surface area contributed by atoms with Gasteiger partial charge in [0.1, 0.15) is 0 Å². The van der Waals surface area contributed by atoms with Crippen molar-refractivity contribution in [3.63, 3.8) is 0 Å². The highest BCUT2D eigenvalue weighted by Crippen LogP contribution is 2.24. The number of rotatable bonds is 3. The predicted molar refractivity (Wildman–Crippen MR) is 50.2 cm³/mol. The molecule has 0 unspecified atom stereocenters. The van der Waals surface area contributed by atoms with Crippen molar-refractivity contribution in [2.75, 3.05) is 21.3 Å². The Morgan fingerprint density at radius 1 is 1.09 bits per heavy atom. The van der Waals surface area contributed by atoms with Crippen molar-refractivity contribution in [2.45, 2.75) is 18.1 Å². The largest absolute Gasteiger partial charge is 0.483 e. The maximum Gasteiger partial charge on any atom is 0.483 e. The highest BCUT2D eigenvalue weighted by Gasteiger charge is 2.14. The molecule has 1 rings (SSSR count). The van der Waals surface area contributed by atoms with E-state index < -0.39 is 9.53 Å². The van der Waals surface area contributed by atoms with Crippen LogP contribution in [0.15, 0.2) is 0 Å². The van der Waals surface area contributed by atoms with E-state index in [1.807, 2.05) is 0 Å². The molecule has 1 saturated carbocycles. The summed E-state index contributed by atoms with van der Waals surface area (Å²) in [6, 6.07) is 0. The molecule has 0 bridgehead atoms. The minimum atomic E-state index is -1.67. The summed E-state index contributed by atoms with van der Waals surface area (Å²) in [5.41, 5.74) is 0. The molecule has 0 spiro atoms. The quantitative estimate of drug-likeness (QED) is 0.532. The van der Waals surface area contributed by atoms with Crippen LogP contribution in [0.4, 0.5) is 0 Å². The van der Waals surface area contributed by atoms with Crippen LogP contribution >= 0.6 is 12.6 Å². The molecule has 0 amide bonds. The molecule has 0 N–H and O–H groups in total. The Balaban J connectivity index is 0.000000207. The van der Waals surface area contributed by atoms with Crippen molar-refractivity contribution in [3.05, 3.63) is 0 Å². The van der Waals surface area contributed by atoms with Gasteiger partial charge in [-0.1, -0.05) is 0 Å². The highest BCUT2D eigenvalue weighted by atomic mass is 32.1. The lowest BCUT2D eigenvalue weighted by Crippen LogP contribution is -2.21. The molecule has 0 aromatic rings.